The number of benzene rings is 6. The summed E-state index contributed by atoms with van der Waals surface area (Å²) in [7, 11) is 0. The van der Waals surface area contributed by atoms with Crippen molar-refractivity contribution in [2.45, 2.75) is 0 Å². The number of fused-ring (bicyclic) bond motifs is 7. The molecule has 0 unspecified atom stereocenters. The van der Waals surface area contributed by atoms with Gasteiger partial charge in [-0.05, 0) is 46.7 Å². The molecule has 0 atom stereocenters. The zero-order chi connectivity index (χ0) is 31.6. The number of furan rings is 2. The molecule has 0 aliphatic rings. The van der Waals surface area contributed by atoms with Crippen molar-refractivity contribution in [3.63, 3.8) is 0 Å². The standard InChI is InChI=1S/C42H24N4O2/c1-2-10-25(11-3-1)29-23-36-39(43-24-29)38-32(16-9-19-35(38)48-36)42-45-40(28-21-20-26-12-4-5-13-27(26)22-28)44-41(46-42)31-15-8-18-34-37(31)30-14-6-7-17-33(30)47-34/h1-24H. The largest absolute Gasteiger partial charge is 0.456 e. The summed E-state index contributed by atoms with van der Waals surface area (Å²) < 4.78 is 12.6. The van der Waals surface area contributed by atoms with Crippen LogP contribution in [0.25, 0.3) is 100 Å². The van der Waals surface area contributed by atoms with E-state index in [1.807, 2.05) is 97.2 Å². The van der Waals surface area contributed by atoms with Crippen LogP contribution >= 0.6 is 0 Å². The second kappa shape index (κ2) is 10.4. The molecule has 0 spiro atoms. The van der Waals surface area contributed by atoms with E-state index in [2.05, 4.69) is 48.5 Å². The zero-order valence-electron chi connectivity index (χ0n) is 25.5. The summed E-state index contributed by atoms with van der Waals surface area (Å²) in [6, 6.07) is 46.9. The van der Waals surface area contributed by atoms with E-state index in [-0.39, 0.29) is 0 Å². The average molecular weight is 617 g/mol. The lowest BCUT2D eigenvalue weighted by molar-refractivity contribution is 0.668. The highest BCUT2D eigenvalue weighted by molar-refractivity contribution is 6.12. The Kier molecular flexibility index (Phi) is 5.77. The molecule has 0 bridgehead atoms. The summed E-state index contributed by atoms with van der Waals surface area (Å²) >= 11 is 0. The Morgan fingerprint density at radius 3 is 1.88 bits per heavy atom. The maximum absolute atomic E-state index is 6.40. The monoisotopic (exact) mass is 616 g/mol. The van der Waals surface area contributed by atoms with Crippen molar-refractivity contribution in [1.82, 2.24) is 19.9 Å². The predicted octanol–water partition coefficient (Wildman–Crippen LogP) is 10.9. The Hall–Kier alpha value is -6.66. The average Bonchev–Trinajstić information content (AvgIpc) is 3.73. The van der Waals surface area contributed by atoms with Crippen LogP contribution in [0.15, 0.2) is 155 Å². The van der Waals surface area contributed by atoms with Gasteiger partial charge in [0, 0.05) is 39.2 Å². The third-order valence-corrected chi connectivity index (χ3v) is 8.97. The van der Waals surface area contributed by atoms with Gasteiger partial charge in [0.15, 0.2) is 23.1 Å². The van der Waals surface area contributed by atoms with Gasteiger partial charge in [0.05, 0.1) is 5.39 Å². The molecule has 10 rings (SSSR count). The minimum atomic E-state index is 0.537. The van der Waals surface area contributed by atoms with Gasteiger partial charge in [-0.25, -0.2) is 15.0 Å². The highest BCUT2D eigenvalue weighted by Gasteiger charge is 2.21. The molecule has 0 saturated carbocycles. The van der Waals surface area contributed by atoms with Crippen molar-refractivity contribution >= 4 is 54.8 Å². The Morgan fingerprint density at radius 2 is 1.04 bits per heavy atom. The molecule has 0 amide bonds. The van der Waals surface area contributed by atoms with Gasteiger partial charge in [0.25, 0.3) is 0 Å². The van der Waals surface area contributed by atoms with Gasteiger partial charge < -0.3 is 8.83 Å². The van der Waals surface area contributed by atoms with Crippen molar-refractivity contribution in [2.75, 3.05) is 0 Å². The van der Waals surface area contributed by atoms with Gasteiger partial charge in [0.1, 0.15) is 22.3 Å². The molecule has 224 valence electrons. The molecule has 0 aliphatic heterocycles. The molecule has 48 heavy (non-hydrogen) atoms. The minimum absolute atomic E-state index is 0.537. The normalized spacial score (nSPS) is 11.8. The first-order chi connectivity index (χ1) is 23.8. The van der Waals surface area contributed by atoms with E-state index in [0.29, 0.717) is 23.1 Å². The first-order valence-electron chi connectivity index (χ1n) is 15.8. The molecule has 6 aromatic carbocycles. The molecule has 6 nitrogen and oxygen atoms in total. The number of hydrogen-bond acceptors (Lipinski definition) is 6. The molecule has 0 radical (unpaired) electrons. The van der Waals surface area contributed by atoms with Gasteiger partial charge in [-0.1, -0.05) is 109 Å². The van der Waals surface area contributed by atoms with Crippen molar-refractivity contribution in [2.24, 2.45) is 0 Å². The summed E-state index contributed by atoms with van der Waals surface area (Å²) in [6.45, 7) is 0. The van der Waals surface area contributed by atoms with E-state index in [4.69, 9.17) is 28.8 Å². The molecule has 4 heterocycles. The maximum Gasteiger partial charge on any atom is 0.164 e. The van der Waals surface area contributed by atoms with Gasteiger partial charge in [-0.3, -0.25) is 4.98 Å². The van der Waals surface area contributed by atoms with Crippen molar-refractivity contribution in [3.05, 3.63) is 146 Å². The Labute approximate surface area is 274 Å². The quantitative estimate of drug-likeness (QED) is 0.196. The van der Waals surface area contributed by atoms with Crippen LogP contribution in [0.2, 0.25) is 0 Å². The second-order valence-corrected chi connectivity index (χ2v) is 11.9. The number of aromatic nitrogens is 4. The summed E-state index contributed by atoms with van der Waals surface area (Å²) in [5.41, 5.74) is 8.45. The van der Waals surface area contributed by atoms with E-state index < -0.39 is 0 Å². The minimum Gasteiger partial charge on any atom is -0.456 e. The highest BCUT2D eigenvalue weighted by Crippen LogP contribution is 2.39. The highest BCUT2D eigenvalue weighted by atomic mass is 16.3. The zero-order valence-corrected chi connectivity index (χ0v) is 25.5. The van der Waals surface area contributed by atoms with E-state index in [1.54, 1.807) is 0 Å². The van der Waals surface area contributed by atoms with E-state index in [9.17, 15) is 0 Å². The summed E-state index contributed by atoms with van der Waals surface area (Å²) in [5, 5.41) is 5.11. The van der Waals surface area contributed by atoms with E-state index in [0.717, 1.165) is 77.0 Å². The van der Waals surface area contributed by atoms with Crippen molar-refractivity contribution in [3.8, 4) is 45.3 Å². The number of pyridine rings is 1. The molecule has 0 N–H and O–H groups in total. The Morgan fingerprint density at radius 1 is 0.396 bits per heavy atom. The summed E-state index contributed by atoms with van der Waals surface area (Å²) in [6.07, 6.45) is 1.90. The van der Waals surface area contributed by atoms with E-state index >= 15 is 0 Å². The predicted molar refractivity (Wildman–Crippen MR) is 191 cm³/mol. The number of para-hydroxylation sites is 1. The lowest BCUT2D eigenvalue weighted by Gasteiger charge is -2.10. The van der Waals surface area contributed by atoms with Crippen molar-refractivity contribution in [1.29, 1.82) is 0 Å². The molecule has 4 aromatic heterocycles. The summed E-state index contributed by atoms with van der Waals surface area (Å²) in [5.74, 6) is 1.68. The number of hydrogen-bond donors (Lipinski definition) is 0. The number of rotatable bonds is 4. The molecular weight excluding hydrogens is 592 g/mol. The Balaban J connectivity index is 1.23. The third kappa shape index (κ3) is 4.20. The molecule has 0 fully saturated rings. The SMILES string of the molecule is c1ccc(-c2cnc3c(c2)oc2cccc(-c4nc(-c5ccc6ccccc6c5)nc(-c5cccc6oc7ccccc7c56)n4)c23)cc1. The van der Waals surface area contributed by atoms with Crippen LogP contribution in [-0.4, -0.2) is 19.9 Å². The fraction of sp³-hybridized carbons (Fsp3) is 0. The maximum atomic E-state index is 6.40. The summed E-state index contributed by atoms with van der Waals surface area (Å²) in [4.78, 5) is 20.3. The van der Waals surface area contributed by atoms with Crippen LogP contribution < -0.4 is 0 Å². The van der Waals surface area contributed by atoms with Gasteiger partial charge in [0.2, 0.25) is 0 Å². The first-order valence-corrected chi connectivity index (χ1v) is 15.8. The third-order valence-electron chi connectivity index (χ3n) is 8.97. The fourth-order valence-electron chi connectivity index (χ4n) is 6.70. The molecule has 6 heteroatoms. The van der Waals surface area contributed by atoms with Crippen LogP contribution in [-0.2, 0) is 0 Å². The van der Waals surface area contributed by atoms with Crippen LogP contribution in [0.1, 0.15) is 0 Å². The van der Waals surface area contributed by atoms with Crippen molar-refractivity contribution < 1.29 is 8.83 Å². The first kappa shape index (κ1) is 26.5. The van der Waals surface area contributed by atoms with Crippen LogP contribution in [0.4, 0.5) is 0 Å². The molecule has 0 aliphatic carbocycles. The lowest BCUT2D eigenvalue weighted by Crippen LogP contribution is -2.01. The molecule has 0 saturated heterocycles. The molecule has 10 aromatic rings. The number of nitrogens with zero attached hydrogens (tertiary/aromatic N) is 4. The van der Waals surface area contributed by atoms with Crippen LogP contribution in [0, 0.1) is 0 Å². The Bertz CT molecular complexity index is 2850. The van der Waals surface area contributed by atoms with Crippen LogP contribution in [0.3, 0.4) is 0 Å². The van der Waals surface area contributed by atoms with Gasteiger partial charge in [-0.2, -0.15) is 0 Å². The van der Waals surface area contributed by atoms with Gasteiger partial charge >= 0.3 is 0 Å². The lowest BCUT2D eigenvalue weighted by atomic mass is 10.0. The smallest absolute Gasteiger partial charge is 0.164 e. The fourth-order valence-corrected chi connectivity index (χ4v) is 6.70. The van der Waals surface area contributed by atoms with Gasteiger partial charge in [-0.15, -0.1) is 0 Å². The van der Waals surface area contributed by atoms with E-state index in [1.165, 1.54) is 0 Å². The van der Waals surface area contributed by atoms with Crippen LogP contribution in [0.5, 0.6) is 0 Å². The second-order valence-electron chi connectivity index (χ2n) is 11.9. The topological polar surface area (TPSA) is 77.8 Å². The molecular formula is C42H24N4O2.